The van der Waals surface area contributed by atoms with Crippen molar-refractivity contribution in [2.45, 2.75) is 65.0 Å². The second kappa shape index (κ2) is 9.55. The number of aliphatic hydroxyl groups excluding tert-OH is 1. The number of hydrogen-bond donors (Lipinski definition) is 3. The molecular formula is C20H35N5O2. The van der Waals surface area contributed by atoms with Crippen molar-refractivity contribution < 1.29 is 9.90 Å². The highest BCUT2D eigenvalue weighted by molar-refractivity contribution is 5.74. The molecule has 3 rings (SSSR count). The molecule has 0 radical (unpaired) electrons. The molecule has 1 fully saturated rings. The molecule has 7 heteroatoms. The molecule has 1 aromatic rings. The van der Waals surface area contributed by atoms with Crippen molar-refractivity contribution in [1.29, 1.82) is 0 Å². The van der Waals surface area contributed by atoms with Gasteiger partial charge in [-0.05, 0) is 43.6 Å². The molecule has 2 aliphatic rings. The second-order valence-electron chi connectivity index (χ2n) is 8.35. The summed E-state index contributed by atoms with van der Waals surface area (Å²) in [6.45, 7) is 8.37. The first kappa shape index (κ1) is 20.1. The van der Waals surface area contributed by atoms with E-state index in [0.29, 0.717) is 25.4 Å². The minimum Gasteiger partial charge on any atom is -0.396 e. The first-order valence-electron chi connectivity index (χ1n) is 10.5. The molecule has 2 heterocycles. The van der Waals surface area contributed by atoms with Crippen LogP contribution in [0.15, 0.2) is 0 Å². The lowest BCUT2D eigenvalue weighted by atomic mass is 10.1. The molecule has 3 N–H and O–H groups in total. The molecule has 1 saturated heterocycles. The fraction of sp³-hybridized carbons (Fsp3) is 0.800. The molecule has 1 aliphatic carbocycles. The van der Waals surface area contributed by atoms with Crippen molar-refractivity contribution in [2.24, 2.45) is 5.92 Å². The minimum atomic E-state index is -0.0208. The highest BCUT2D eigenvalue weighted by atomic mass is 16.3. The quantitative estimate of drug-likeness (QED) is 0.661. The lowest BCUT2D eigenvalue weighted by molar-refractivity contribution is 0.0654. The summed E-state index contributed by atoms with van der Waals surface area (Å²) in [6.07, 6.45) is 6.52. The Kier molecular flexibility index (Phi) is 7.13. The van der Waals surface area contributed by atoms with Crippen LogP contribution in [0.1, 0.15) is 56.5 Å². The van der Waals surface area contributed by atoms with Crippen LogP contribution in [0.25, 0.3) is 0 Å². The Bertz CT molecular complexity index is 616. The number of aromatic amines is 1. The van der Waals surface area contributed by atoms with Gasteiger partial charge in [0.1, 0.15) is 0 Å². The number of hydrogen-bond acceptors (Lipinski definition) is 4. The van der Waals surface area contributed by atoms with Crippen molar-refractivity contribution >= 4 is 6.03 Å². The fourth-order valence-electron chi connectivity index (χ4n) is 4.35. The lowest BCUT2D eigenvalue weighted by Gasteiger charge is -2.42. The van der Waals surface area contributed by atoms with Crippen LogP contribution < -0.4 is 5.32 Å². The SMILES string of the molecule is CC(C)CN1CCN(C(=O)NCc2n[nH]c3c2CCCCC3)C[C@@H]1CCO. The van der Waals surface area contributed by atoms with E-state index in [1.165, 1.54) is 30.5 Å². The van der Waals surface area contributed by atoms with Gasteiger partial charge in [-0.1, -0.05) is 20.3 Å². The smallest absolute Gasteiger partial charge is 0.317 e. The summed E-state index contributed by atoms with van der Waals surface area (Å²) in [5, 5.41) is 20.1. The van der Waals surface area contributed by atoms with Gasteiger partial charge in [-0.2, -0.15) is 5.10 Å². The summed E-state index contributed by atoms with van der Waals surface area (Å²) in [5.41, 5.74) is 3.56. The van der Waals surface area contributed by atoms with Gasteiger partial charge >= 0.3 is 6.03 Å². The third kappa shape index (κ3) is 5.23. The van der Waals surface area contributed by atoms with Gasteiger partial charge in [0.2, 0.25) is 0 Å². The van der Waals surface area contributed by atoms with Crippen LogP contribution in [0.2, 0.25) is 0 Å². The van der Waals surface area contributed by atoms with Crippen LogP contribution in [0.4, 0.5) is 4.79 Å². The average molecular weight is 378 g/mol. The monoisotopic (exact) mass is 377 g/mol. The maximum Gasteiger partial charge on any atom is 0.317 e. The van der Waals surface area contributed by atoms with Gasteiger partial charge < -0.3 is 15.3 Å². The standard InChI is InChI=1S/C20H35N5O2/c1-15(2)13-24-9-10-25(14-16(24)8-11-26)20(27)21-12-19-17-6-4-3-5-7-18(17)22-23-19/h15-16,26H,3-14H2,1-2H3,(H,21,27)(H,22,23)/t16-/m0/s1. The number of carbonyl (C=O) groups excluding carboxylic acids is 1. The van der Waals surface area contributed by atoms with Crippen LogP contribution in [-0.2, 0) is 19.4 Å². The topological polar surface area (TPSA) is 84.5 Å². The summed E-state index contributed by atoms with van der Waals surface area (Å²) in [4.78, 5) is 17.0. The predicted molar refractivity (Wildman–Crippen MR) is 106 cm³/mol. The number of rotatable bonds is 6. The normalized spacial score (nSPS) is 21.2. The molecule has 152 valence electrons. The van der Waals surface area contributed by atoms with Crippen LogP contribution >= 0.6 is 0 Å². The number of urea groups is 1. The van der Waals surface area contributed by atoms with E-state index >= 15 is 0 Å². The number of amides is 2. The highest BCUT2D eigenvalue weighted by Gasteiger charge is 2.29. The highest BCUT2D eigenvalue weighted by Crippen LogP contribution is 2.21. The van der Waals surface area contributed by atoms with Crippen LogP contribution in [-0.4, -0.2) is 70.0 Å². The number of fused-ring (bicyclic) bond motifs is 1. The number of nitrogens with one attached hydrogen (secondary N) is 2. The van der Waals surface area contributed by atoms with Gasteiger partial charge in [0.15, 0.2) is 0 Å². The van der Waals surface area contributed by atoms with E-state index in [0.717, 1.165) is 38.2 Å². The van der Waals surface area contributed by atoms with Crippen molar-refractivity contribution in [3.8, 4) is 0 Å². The zero-order chi connectivity index (χ0) is 19.2. The average Bonchev–Trinajstić information content (AvgIpc) is 2.87. The molecule has 1 aromatic heterocycles. The van der Waals surface area contributed by atoms with Gasteiger partial charge in [-0.3, -0.25) is 10.00 Å². The zero-order valence-electron chi connectivity index (χ0n) is 16.8. The Hall–Kier alpha value is -1.60. The molecular weight excluding hydrogens is 342 g/mol. The van der Waals surface area contributed by atoms with E-state index in [1.807, 2.05) is 4.90 Å². The summed E-state index contributed by atoms with van der Waals surface area (Å²) in [7, 11) is 0. The molecule has 1 atom stereocenters. The van der Waals surface area contributed by atoms with Crippen molar-refractivity contribution in [3.05, 3.63) is 17.0 Å². The van der Waals surface area contributed by atoms with Gasteiger partial charge in [0.05, 0.1) is 12.2 Å². The predicted octanol–water partition coefficient (Wildman–Crippen LogP) is 1.91. The van der Waals surface area contributed by atoms with E-state index in [1.54, 1.807) is 0 Å². The Balaban J connectivity index is 1.54. The number of nitrogens with zero attached hydrogens (tertiary/aromatic N) is 3. The molecule has 27 heavy (non-hydrogen) atoms. The molecule has 0 bridgehead atoms. The van der Waals surface area contributed by atoms with E-state index in [4.69, 9.17) is 0 Å². The number of aryl methyl sites for hydroxylation is 1. The van der Waals surface area contributed by atoms with Crippen LogP contribution in [0.5, 0.6) is 0 Å². The largest absolute Gasteiger partial charge is 0.396 e. The van der Waals surface area contributed by atoms with E-state index in [-0.39, 0.29) is 18.7 Å². The van der Waals surface area contributed by atoms with Gasteiger partial charge in [0.25, 0.3) is 0 Å². The minimum absolute atomic E-state index is 0.0208. The molecule has 2 amide bonds. The summed E-state index contributed by atoms with van der Waals surface area (Å²) in [6, 6.07) is 0.214. The lowest BCUT2D eigenvalue weighted by Crippen LogP contribution is -2.57. The third-order valence-corrected chi connectivity index (χ3v) is 5.75. The summed E-state index contributed by atoms with van der Waals surface area (Å²) in [5.74, 6) is 0.585. The fourth-order valence-corrected chi connectivity index (χ4v) is 4.35. The van der Waals surface area contributed by atoms with Crippen LogP contribution in [0.3, 0.4) is 0 Å². The third-order valence-electron chi connectivity index (χ3n) is 5.75. The first-order valence-corrected chi connectivity index (χ1v) is 10.5. The zero-order valence-corrected chi connectivity index (χ0v) is 16.8. The summed E-state index contributed by atoms with van der Waals surface area (Å²) >= 11 is 0. The maximum atomic E-state index is 12.7. The molecule has 0 spiro atoms. The summed E-state index contributed by atoms with van der Waals surface area (Å²) < 4.78 is 0. The molecule has 0 unspecified atom stereocenters. The van der Waals surface area contributed by atoms with Gasteiger partial charge in [0, 0.05) is 44.5 Å². The van der Waals surface area contributed by atoms with E-state index in [2.05, 4.69) is 34.3 Å². The maximum absolute atomic E-state index is 12.7. The van der Waals surface area contributed by atoms with E-state index in [9.17, 15) is 9.90 Å². The van der Waals surface area contributed by atoms with Crippen LogP contribution in [0, 0.1) is 5.92 Å². The number of H-pyrrole nitrogens is 1. The van der Waals surface area contributed by atoms with Crippen molar-refractivity contribution in [3.63, 3.8) is 0 Å². The molecule has 1 aliphatic heterocycles. The molecule has 7 nitrogen and oxygen atoms in total. The molecule has 0 aromatic carbocycles. The number of piperazine rings is 1. The van der Waals surface area contributed by atoms with Gasteiger partial charge in [-0.25, -0.2) is 4.79 Å². The second-order valence-corrected chi connectivity index (χ2v) is 8.35. The van der Waals surface area contributed by atoms with Gasteiger partial charge in [-0.15, -0.1) is 0 Å². The Morgan fingerprint density at radius 3 is 2.89 bits per heavy atom. The number of carbonyl (C=O) groups is 1. The van der Waals surface area contributed by atoms with E-state index < -0.39 is 0 Å². The first-order chi connectivity index (χ1) is 13.1. The number of aromatic nitrogens is 2. The van der Waals surface area contributed by atoms with Crippen molar-refractivity contribution in [1.82, 2.24) is 25.3 Å². The number of aliphatic hydroxyl groups is 1. The Morgan fingerprint density at radius 1 is 1.30 bits per heavy atom. The van der Waals surface area contributed by atoms with Crippen molar-refractivity contribution in [2.75, 3.05) is 32.8 Å². The Morgan fingerprint density at radius 2 is 2.11 bits per heavy atom. The molecule has 0 saturated carbocycles. The Labute approximate surface area is 162 Å².